The predicted octanol–water partition coefficient (Wildman–Crippen LogP) is 17.5. The molecule has 9 N–H and O–H groups in total. The molecule has 2 aliphatic heterocycles. The summed E-state index contributed by atoms with van der Waals surface area (Å²) >= 11 is 0. The van der Waals surface area contributed by atoms with Gasteiger partial charge in [-0.2, -0.15) is 0 Å². The number of amides is 1. The van der Waals surface area contributed by atoms with Crippen molar-refractivity contribution in [2.75, 3.05) is 19.8 Å². The van der Waals surface area contributed by atoms with Crippen molar-refractivity contribution in [2.45, 2.75) is 447 Å². The smallest absolute Gasteiger partial charge is 0.220 e. The summed E-state index contributed by atoms with van der Waals surface area (Å²) in [7, 11) is 0. The molecule has 92 heavy (non-hydrogen) atoms. The van der Waals surface area contributed by atoms with Crippen molar-refractivity contribution in [3.63, 3.8) is 0 Å². The molecule has 0 aromatic rings. The molecule has 0 aromatic heterocycles. The molecule has 12 unspecified atom stereocenters. The molecule has 2 saturated heterocycles. The summed E-state index contributed by atoms with van der Waals surface area (Å²) in [5.41, 5.74) is 0. The molecule has 0 radical (unpaired) electrons. The van der Waals surface area contributed by atoms with Crippen LogP contribution in [0.25, 0.3) is 0 Å². The van der Waals surface area contributed by atoms with E-state index in [1.54, 1.807) is 6.08 Å². The first-order chi connectivity index (χ1) is 45.1. The summed E-state index contributed by atoms with van der Waals surface area (Å²) in [5, 5.41) is 87.6. The second kappa shape index (κ2) is 63.0. The first kappa shape index (κ1) is 86.6. The van der Waals surface area contributed by atoms with Crippen LogP contribution in [0.1, 0.15) is 373 Å². The van der Waals surface area contributed by atoms with Crippen LogP contribution in [-0.4, -0.2) is 140 Å². The Bertz CT molecular complexity index is 1640. The summed E-state index contributed by atoms with van der Waals surface area (Å²) in [5.74, 6) is -0.240. The van der Waals surface area contributed by atoms with Crippen LogP contribution in [0.2, 0.25) is 0 Å². The number of aliphatic hydroxyl groups excluding tert-OH is 8. The molecule has 14 nitrogen and oxygen atoms in total. The highest BCUT2D eigenvalue weighted by Gasteiger charge is 2.51. The third kappa shape index (κ3) is 45.9. The maximum Gasteiger partial charge on any atom is 0.220 e. The van der Waals surface area contributed by atoms with E-state index in [2.05, 4.69) is 31.3 Å². The van der Waals surface area contributed by atoms with Crippen molar-refractivity contribution in [3.05, 3.63) is 24.3 Å². The second-order valence-electron chi connectivity index (χ2n) is 28.2. The molecule has 0 aromatic carbocycles. The fourth-order valence-corrected chi connectivity index (χ4v) is 13.4. The lowest BCUT2D eigenvalue weighted by Crippen LogP contribution is -2.65. The van der Waals surface area contributed by atoms with Gasteiger partial charge >= 0.3 is 0 Å². The normalized spacial score (nSPS) is 22.7. The van der Waals surface area contributed by atoms with E-state index < -0.39 is 86.8 Å². The van der Waals surface area contributed by atoms with Crippen LogP contribution in [-0.2, 0) is 23.7 Å². The Morgan fingerprint density at radius 2 is 0.696 bits per heavy atom. The number of ether oxygens (including phenoxy) is 4. The number of hydrogen-bond donors (Lipinski definition) is 9. The van der Waals surface area contributed by atoms with E-state index in [-0.39, 0.29) is 18.9 Å². The van der Waals surface area contributed by atoms with E-state index >= 15 is 0 Å². The number of carbonyl (C=O) groups excluding carboxylic acids is 1. The largest absolute Gasteiger partial charge is 0.394 e. The van der Waals surface area contributed by atoms with Gasteiger partial charge in [-0.1, -0.05) is 359 Å². The lowest BCUT2D eigenvalue weighted by atomic mass is 9.97. The maximum atomic E-state index is 13.4. The van der Waals surface area contributed by atoms with E-state index in [1.807, 2.05) is 6.08 Å². The first-order valence-corrected chi connectivity index (χ1v) is 39.6. The molecule has 2 aliphatic rings. The second-order valence-corrected chi connectivity index (χ2v) is 28.2. The molecule has 0 saturated carbocycles. The highest BCUT2D eigenvalue weighted by atomic mass is 16.7. The van der Waals surface area contributed by atoms with Crippen molar-refractivity contribution in [1.82, 2.24) is 5.32 Å². The lowest BCUT2D eigenvalue weighted by Gasteiger charge is -2.46. The van der Waals surface area contributed by atoms with Gasteiger partial charge in [-0.25, -0.2) is 0 Å². The van der Waals surface area contributed by atoms with Gasteiger partial charge in [-0.3, -0.25) is 4.79 Å². The molecule has 0 spiro atoms. The van der Waals surface area contributed by atoms with Gasteiger partial charge in [0.25, 0.3) is 0 Å². The van der Waals surface area contributed by atoms with Gasteiger partial charge in [0.1, 0.15) is 48.8 Å². The van der Waals surface area contributed by atoms with Gasteiger partial charge in [-0.05, 0) is 32.1 Å². The number of nitrogens with one attached hydrogen (secondary N) is 1. The number of hydrogen-bond acceptors (Lipinski definition) is 13. The van der Waals surface area contributed by atoms with Gasteiger partial charge < -0.3 is 65.1 Å². The number of aliphatic hydroxyl groups is 8. The standard InChI is InChI=1S/C78H149NO13/c1-3-5-7-9-11-13-15-17-19-21-23-25-27-29-30-31-32-33-34-35-36-38-40-42-44-46-48-50-52-54-56-58-60-62-70(83)79-66(65-89-77-75(88)73(86)76(69(64-81)91-77)92-78-74(87)72(85)71(84)68(63-80)90-78)67(82)61-59-57-55-53-51-49-47-45-43-41-39-37-28-26-24-22-20-18-16-14-12-10-8-6-4-2/h51,53,59,61,66-69,71-78,80-82,84-88H,3-50,52,54-58,60,62-65H2,1-2H3,(H,79,83)/b53-51+,61-59+. The average molecular weight is 1310 g/mol. The van der Waals surface area contributed by atoms with Crippen molar-refractivity contribution in [1.29, 1.82) is 0 Å². The minimum absolute atomic E-state index is 0.240. The quantitative estimate of drug-likeness (QED) is 0.0204. The van der Waals surface area contributed by atoms with E-state index in [1.165, 1.54) is 308 Å². The summed E-state index contributed by atoms with van der Waals surface area (Å²) in [6.07, 6.45) is 64.1. The zero-order chi connectivity index (χ0) is 66.6. The van der Waals surface area contributed by atoms with Crippen LogP contribution < -0.4 is 5.32 Å². The summed E-state index contributed by atoms with van der Waals surface area (Å²) < 4.78 is 22.9. The molecule has 0 aliphatic carbocycles. The molecule has 2 rings (SSSR count). The summed E-state index contributed by atoms with van der Waals surface area (Å²) in [6, 6.07) is -0.930. The van der Waals surface area contributed by atoms with Crippen LogP contribution in [0.3, 0.4) is 0 Å². The number of unbranched alkanes of at least 4 members (excludes halogenated alkanes) is 52. The minimum atomic E-state index is -1.79. The van der Waals surface area contributed by atoms with E-state index in [0.29, 0.717) is 12.8 Å². The molecular weight excluding hydrogens is 1160 g/mol. The zero-order valence-electron chi connectivity index (χ0n) is 59.6. The van der Waals surface area contributed by atoms with Crippen LogP contribution >= 0.6 is 0 Å². The number of carbonyl (C=O) groups is 1. The van der Waals surface area contributed by atoms with Crippen LogP contribution in [0.15, 0.2) is 24.3 Å². The van der Waals surface area contributed by atoms with Crippen LogP contribution in [0.4, 0.5) is 0 Å². The van der Waals surface area contributed by atoms with Crippen LogP contribution in [0.5, 0.6) is 0 Å². The van der Waals surface area contributed by atoms with Crippen molar-refractivity contribution in [2.24, 2.45) is 0 Å². The Kier molecular flexibility index (Phi) is 59.2. The van der Waals surface area contributed by atoms with E-state index in [9.17, 15) is 45.6 Å². The minimum Gasteiger partial charge on any atom is -0.394 e. The van der Waals surface area contributed by atoms with Crippen molar-refractivity contribution in [3.8, 4) is 0 Å². The lowest BCUT2D eigenvalue weighted by molar-refractivity contribution is -0.359. The van der Waals surface area contributed by atoms with Gasteiger partial charge in [0.15, 0.2) is 12.6 Å². The molecular formula is C78H149NO13. The Morgan fingerprint density at radius 1 is 0.380 bits per heavy atom. The molecule has 2 fully saturated rings. The Hall–Kier alpha value is -1.53. The molecule has 12 atom stereocenters. The molecule has 2 heterocycles. The van der Waals surface area contributed by atoms with Gasteiger partial charge in [-0.15, -0.1) is 0 Å². The Labute approximate surface area is 564 Å². The van der Waals surface area contributed by atoms with Gasteiger partial charge in [0, 0.05) is 6.42 Å². The fraction of sp³-hybridized carbons (Fsp3) is 0.936. The van der Waals surface area contributed by atoms with Gasteiger partial charge in [0.05, 0.1) is 32.0 Å². The molecule has 14 heteroatoms. The highest BCUT2D eigenvalue weighted by Crippen LogP contribution is 2.30. The molecule has 544 valence electrons. The number of rotatable bonds is 67. The van der Waals surface area contributed by atoms with Crippen molar-refractivity contribution >= 4 is 5.91 Å². The molecule has 1 amide bonds. The predicted molar refractivity (Wildman–Crippen MR) is 378 cm³/mol. The third-order valence-corrected chi connectivity index (χ3v) is 19.6. The number of allylic oxidation sites excluding steroid dienone is 3. The Morgan fingerprint density at radius 3 is 1.07 bits per heavy atom. The Balaban J connectivity index is 1.62. The highest BCUT2D eigenvalue weighted by molar-refractivity contribution is 5.76. The molecule has 0 bridgehead atoms. The average Bonchev–Trinajstić information content (AvgIpc) is 0.866. The SMILES string of the molecule is CCCCCCCCCCCCCCCCCCCCC/C=C/CC/C=C/C(O)C(COC1OC(CO)C(OC2OC(CO)C(O)C(O)C2O)C(O)C1O)NC(=O)CCCCCCCCCCCCCCCCCCCCCCCCCCCCCCCCCCC. The summed E-state index contributed by atoms with van der Waals surface area (Å²) in [6.45, 7) is 2.85. The van der Waals surface area contributed by atoms with Crippen molar-refractivity contribution < 1.29 is 64.6 Å². The fourth-order valence-electron chi connectivity index (χ4n) is 13.4. The zero-order valence-corrected chi connectivity index (χ0v) is 59.6. The van der Waals surface area contributed by atoms with Gasteiger partial charge in [0.2, 0.25) is 5.91 Å². The first-order valence-electron chi connectivity index (χ1n) is 39.6. The summed E-state index contributed by atoms with van der Waals surface area (Å²) in [4.78, 5) is 13.4. The maximum absolute atomic E-state index is 13.4. The van der Waals surface area contributed by atoms with Crippen LogP contribution in [0, 0.1) is 0 Å². The van der Waals surface area contributed by atoms with E-state index in [4.69, 9.17) is 18.9 Å². The topological polar surface area (TPSA) is 228 Å². The van der Waals surface area contributed by atoms with E-state index in [0.717, 1.165) is 32.1 Å². The monoisotopic (exact) mass is 1310 g/mol. The third-order valence-electron chi connectivity index (χ3n) is 19.6.